The molecule has 0 radical (unpaired) electrons. The van der Waals surface area contributed by atoms with Gasteiger partial charge in [-0.05, 0) is 25.5 Å². The highest BCUT2D eigenvalue weighted by Crippen LogP contribution is 2.36. The van der Waals surface area contributed by atoms with Crippen LogP contribution in [0.2, 0.25) is 0 Å². The first-order valence-corrected chi connectivity index (χ1v) is 6.51. The Morgan fingerprint density at radius 2 is 1.38 bits per heavy atom. The lowest BCUT2D eigenvalue weighted by molar-refractivity contribution is -0.137. The summed E-state index contributed by atoms with van der Waals surface area (Å²) in [5.41, 5.74) is -1.52. The molecule has 0 spiro atoms. The lowest BCUT2D eigenvalue weighted by Crippen LogP contribution is -2.31. The fourth-order valence-electron chi connectivity index (χ4n) is 2.25. The zero-order chi connectivity index (χ0) is 15.7. The molecule has 110 valence electrons. The Labute approximate surface area is 121 Å². The third-order valence-corrected chi connectivity index (χ3v) is 3.54. The van der Waals surface area contributed by atoms with E-state index in [1.807, 2.05) is 0 Å². The normalized spacial score (nSPS) is 12.2. The summed E-state index contributed by atoms with van der Waals surface area (Å²) in [4.78, 5) is 12.6. The van der Waals surface area contributed by atoms with Crippen LogP contribution in [0.3, 0.4) is 0 Å². The van der Waals surface area contributed by atoms with Crippen molar-refractivity contribution in [3.05, 3.63) is 71.3 Å². The van der Waals surface area contributed by atoms with Crippen LogP contribution in [0.5, 0.6) is 0 Å². The minimum Gasteiger partial charge on any atom is -0.293 e. The van der Waals surface area contributed by atoms with Crippen LogP contribution in [0.25, 0.3) is 0 Å². The first-order valence-electron chi connectivity index (χ1n) is 6.51. The summed E-state index contributed by atoms with van der Waals surface area (Å²) in [5.74, 6) is -0.540. The summed E-state index contributed by atoms with van der Waals surface area (Å²) in [6.45, 7) is 3.27. The van der Waals surface area contributed by atoms with Crippen molar-refractivity contribution in [3.8, 4) is 0 Å². The average molecular weight is 292 g/mol. The van der Waals surface area contributed by atoms with E-state index in [1.165, 1.54) is 18.2 Å². The van der Waals surface area contributed by atoms with Crippen LogP contribution in [-0.4, -0.2) is 5.78 Å². The summed E-state index contributed by atoms with van der Waals surface area (Å²) < 4.78 is 39.1. The SMILES string of the molecule is CC(C)(C(=O)c1ccccc1C(F)(F)F)c1ccccc1. The zero-order valence-corrected chi connectivity index (χ0v) is 11.7. The van der Waals surface area contributed by atoms with Gasteiger partial charge in [-0.3, -0.25) is 4.79 Å². The average Bonchev–Trinajstić information content (AvgIpc) is 2.46. The van der Waals surface area contributed by atoms with Crippen molar-refractivity contribution in [1.29, 1.82) is 0 Å². The predicted molar refractivity (Wildman–Crippen MR) is 75.2 cm³/mol. The van der Waals surface area contributed by atoms with E-state index < -0.39 is 22.9 Å². The summed E-state index contributed by atoms with van der Waals surface area (Å²) in [7, 11) is 0. The molecule has 2 aromatic rings. The maximum Gasteiger partial charge on any atom is 0.417 e. The standard InChI is InChI=1S/C17H15F3O/c1-16(2,12-8-4-3-5-9-12)15(21)13-10-6-7-11-14(13)17(18,19)20/h3-11H,1-2H3. The number of benzene rings is 2. The number of hydrogen-bond acceptors (Lipinski definition) is 1. The molecule has 0 heterocycles. The fraction of sp³-hybridized carbons (Fsp3) is 0.235. The van der Waals surface area contributed by atoms with E-state index in [1.54, 1.807) is 44.2 Å². The quantitative estimate of drug-likeness (QED) is 0.738. The number of hydrogen-bond donors (Lipinski definition) is 0. The topological polar surface area (TPSA) is 17.1 Å². The van der Waals surface area contributed by atoms with Crippen molar-refractivity contribution in [2.24, 2.45) is 0 Å². The third-order valence-electron chi connectivity index (χ3n) is 3.54. The van der Waals surface area contributed by atoms with Gasteiger partial charge in [0.25, 0.3) is 0 Å². The third kappa shape index (κ3) is 2.99. The van der Waals surface area contributed by atoms with Crippen LogP contribution in [0.15, 0.2) is 54.6 Å². The number of rotatable bonds is 3. The first kappa shape index (κ1) is 15.3. The van der Waals surface area contributed by atoms with E-state index in [4.69, 9.17) is 0 Å². The molecule has 0 bridgehead atoms. The van der Waals surface area contributed by atoms with Gasteiger partial charge in [0.15, 0.2) is 5.78 Å². The Morgan fingerprint density at radius 1 is 0.857 bits per heavy atom. The van der Waals surface area contributed by atoms with E-state index in [9.17, 15) is 18.0 Å². The molecular weight excluding hydrogens is 277 g/mol. The molecule has 0 N–H and O–H groups in total. The van der Waals surface area contributed by atoms with Crippen LogP contribution in [0.4, 0.5) is 13.2 Å². The second-order valence-electron chi connectivity index (χ2n) is 5.36. The van der Waals surface area contributed by atoms with Gasteiger partial charge in [0.1, 0.15) is 0 Å². The van der Waals surface area contributed by atoms with Gasteiger partial charge in [0, 0.05) is 5.56 Å². The maximum atomic E-state index is 13.0. The second-order valence-corrected chi connectivity index (χ2v) is 5.36. The Morgan fingerprint density at radius 3 is 1.95 bits per heavy atom. The lowest BCUT2D eigenvalue weighted by Gasteiger charge is -2.25. The molecule has 0 fully saturated rings. The number of ketones is 1. The highest BCUT2D eigenvalue weighted by atomic mass is 19.4. The van der Waals surface area contributed by atoms with E-state index in [0.29, 0.717) is 5.56 Å². The van der Waals surface area contributed by atoms with E-state index >= 15 is 0 Å². The van der Waals surface area contributed by atoms with Crippen LogP contribution >= 0.6 is 0 Å². The molecule has 0 aromatic heterocycles. The van der Waals surface area contributed by atoms with Gasteiger partial charge in [0.2, 0.25) is 0 Å². The smallest absolute Gasteiger partial charge is 0.293 e. The van der Waals surface area contributed by atoms with Gasteiger partial charge in [-0.2, -0.15) is 13.2 Å². The number of carbonyl (C=O) groups excluding carboxylic acids is 1. The molecule has 2 rings (SSSR count). The summed E-state index contributed by atoms with van der Waals surface area (Å²) in [6.07, 6.45) is -4.54. The van der Waals surface area contributed by atoms with Crippen LogP contribution in [0.1, 0.15) is 35.3 Å². The maximum absolute atomic E-state index is 13.0. The van der Waals surface area contributed by atoms with Crippen molar-refractivity contribution in [3.63, 3.8) is 0 Å². The molecule has 1 nitrogen and oxygen atoms in total. The molecule has 21 heavy (non-hydrogen) atoms. The highest BCUT2D eigenvalue weighted by molar-refractivity contribution is 6.04. The number of Topliss-reactive ketones (excluding diaryl/α,β-unsaturated/α-hetero) is 1. The Bertz CT molecular complexity index is 643. The van der Waals surface area contributed by atoms with E-state index in [-0.39, 0.29) is 5.56 Å². The lowest BCUT2D eigenvalue weighted by atomic mass is 9.77. The molecule has 0 saturated carbocycles. The molecule has 0 aliphatic rings. The van der Waals surface area contributed by atoms with Gasteiger partial charge in [0.05, 0.1) is 11.0 Å². The number of halogens is 3. The monoisotopic (exact) mass is 292 g/mol. The van der Waals surface area contributed by atoms with Crippen LogP contribution < -0.4 is 0 Å². The van der Waals surface area contributed by atoms with Crippen molar-refractivity contribution < 1.29 is 18.0 Å². The number of carbonyl (C=O) groups is 1. The van der Waals surface area contributed by atoms with Crippen molar-refractivity contribution in [1.82, 2.24) is 0 Å². The van der Waals surface area contributed by atoms with Crippen LogP contribution in [-0.2, 0) is 11.6 Å². The van der Waals surface area contributed by atoms with Gasteiger partial charge in [-0.15, -0.1) is 0 Å². The summed E-state index contributed by atoms with van der Waals surface area (Å²) in [5, 5.41) is 0. The van der Waals surface area contributed by atoms with Crippen molar-refractivity contribution in [2.75, 3.05) is 0 Å². The van der Waals surface area contributed by atoms with Gasteiger partial charge < -0.3 is 0 Å². The molecule has 0 unspecified atom stereocenters. The Balaban J connectivity index is 2.51. The molecule has 0 amide bonds. The molecule has 0 aliphatic carbocycles. The highest BCUT2D eigenvalue weighted by Gasteiger charge is 2.39. The molecule has 0 saturated heterocycles. The summed E-state index contributed by atoms with van der Waals surface area (Å²) in [6, 6.07) is 13.7. The molecule has 2 aromatic carbocycles. The molecule has 0 aliphatic heterocycles. The van der Waals surface area contributed by atoms with Crippen molar-refractivity contribution >= 4 is 5.78 Å². The fourth-order valence-corrected chi connectivity index (χ4v) is 2.25. The molecule has 0 atom stereocenters. The zero-order valence-electron chi connectivity index (χ0n) is 11.7. The molecular formula is C17H15F3O. The number of alkyl halides is 3. The van der Waals surface area contributed by atoms with E-state index in [2.05, 4.69) is 0 Å². The van der Waals surface area contributed by atoms with Crippen LogP contribution in [0, 0.1) is 0 Å². The second kappa shape index (κ2) is 5.35. The largest absolute Gasteiger partial charge is 0.417 e. The Hall–Kier alpha value is -2.10. The molecule has 4 heteroatoms. The van der Waals surface area contributed by atoms with Gasteiger partial charge in [-0.25, -0.2) is 0 Å². The van der Waals surface area contributed by atoms with Gasteiger partial charge in [-0.1, -0.05) is 48.5 Å². The summed E-state index contributed by atoms with van der Waals surface area (Å²) >= 11 is 0. The minimum atomic E-state index is -4.54. The Kier molecular flexibility index (Phi) is 3.90. The predicted octanol–water partition coefficient (Wildman–Crippen LogP) is 4.87. The van der Waals surface area contributed by atoms with Crippen molar-refractivity contribution in [2.45, 2.75) is 25.4 Å². The minimum absolute atomic E-state index is 0.293. The van der Waals surface area contributed by atoms with E-state index in [0.717, 1.165) is 6.07 Å². The first-order chi connectivity index (χ1) is 9.74. The van der Waals surface area contributed by atoms with Gasteiger partial charge >= 0.3 is 6.18 Å².